The second-order valence-corrected chi connectivity index (χ2v) is 3.86. The molecular weight excluding hydrogens is 182 g/mol. The lowest BCUT2D eigenvalue weighted by molar-refractivity contribution is 1.31. The second-order valence-electron chi connectivity index (χ2n) is 3.86. The zero-order valence-electron chi connectivity index (χ0n) is 9.17. The van der Waals surface area contributed by atoms with Crippen LogP contribution in [0.2, 0.25) is 0 Å². The molecular formula is C14H15N. The first-order valence-corrected chi connectivity index (χ1v) is 5.11. The third kappa shape index (κ3) is 1.61. The van der Waals surface area contributed by atoms with Crippen molar-refractivity contribution in [2.24, 2.45) is 0 Å². The van der Waals surface area contributed by atoms with E-state index in [1.54, 1.807) is 0 Å². The van der Waals surface area contributed by atoms with Gasteiger partial charge in [0.2, 0.25) is 0 Å². The second kappa shape index (κ2) is 3.77. The number of H-pyrrole nitrogens is 1. The summed E-state index contributed by atoms with van der Waals surface area (Å²) in [5, 5.41) is 3.70. The van der Waals surface area contributed by atoms with Gasteiger partial charge >= 0.3 is 0 Å². The van der Waals surface area contributed by atoms with Gasteiger partial charge < -0.3 is 4.98 Å². The Morgan fingerprint density at radius 3 is 2.67 bits per heavy atom. The quantitative estimate of drug-likeness (QED) is 0.722. The normalized spacial score (nSPS) is 12.0. The van der Waals surface area contributed by atoms with E-state index >= 15 is 0 Å². The van der Waals surface area contributed by atoms with Gasteiger partial charge in [-0.15, -0.1) is 0 Å². The van der Waals surface area contributed by atoms with Crippen LogP contribution in [0.3, 0.4) is 0 Å². The molecule has 2 rings (SSSR count). The van der Waals surface area contributed by atoms with E-state index in [0.717, 1.165) is 0 Å². The molecule has 1 aromatic carbocycles. The maximum absolute atomic E-state index is 3.76. The number of aromatic nitrogens is 1. The van der Waals surface area contributed by atoms with Gasteiger partial charge in [0.25, 0.3) is 0 Å². The number of hydrogen-bond donors (Lipinski definition) is 1. The number of benzene rings is 1. The van der Waals surface area contributed by atoms with Gasteiger partial charge in [-0.2, -0.15) is 0 Å². The highest BCUT2D eigenvalue weighted by molar-refractivity contribution is 5.82. The van der Waals surface area contributed by atoms with Crippen LogP contribution in [0.15, 0.2) is 36.9 Å². The monoisotopic (exact) mass is 197 g/mol. The fraction of sp³-hybridized carbons (Fsp3) is 0.143. The predicted octanol–water partition coefficient (Wildman–Crippen LogP) is 2.32. The highest BCUT2D eigenvalue weighted by Gasteiger charge is 1.98. The predicted molar refractivity (Wildman–Crippen MR) is 67.0 cm³/mol. The van der Waals surface area contributed by atoms with Gasteiger partial charge in [-0.05, 0) is 19.9 Å². The van der Waals surface area contributed by atoms with Crippen molar-refractivity contribution < 1.29 is 0 Å². The maximum Gasteiger partial charge on any atom is 0.0464 e. The summed E-state index contributed by atoms with van der Waals surface area (Å²) in [5.41, 5.74) is 2.47. The molecule has 76 valence electrons. The summed E-state index contributed by atoms with van der Waals surface area (Å²) in [6, 6.07) is 8.34. The Bertz CT molecular complexity index is 610. The number of fused-ring (bicyclic) bond motifs is 1. The van der Waals surface area contributed by atoms with E-state index in [1.807, 2.05) is 12.1 Å². The van der Waals surface area contributed by atoms with E-state index in [1.165, 1.54) is 27.0 Å². The van der Waals surface area contributed by atoms with Gasteiger partial charge in [0.1, 0.15) is 0 Å². The Hall–Kier alpha value is -1.76. The zero-order valence-corrected chi connectivity index (χ0v) is 9.17. The van der Waals surface area contributed by atoms with Crippen molar-refractivity contribution in [2.45, 2.75) is 13.8 Å². The summed E-state index contributed by atoms with van der Waals surface area (Å²) in [6.45, 7) is 8.00. The minimum atomic E-state index is 1.18. The molecule has 0 amide bonds. The molecule has 0 aliphatic heterocycles. The van der Waals surface area contributed by atoms with Gasteiger partial charge in [0.15, 0.2) is 0 Å². The summed E-state index contributed by atoms with van der Waals surface area (Å²) >= 11 is 0. The topological polar surface area (TPSA) is 15.8 Å². The van der Waals surface area contributed by atoms with E-state index < -0.39 is 0 Å². The molecule has 1 nitrogen and oxygen atoms in total. The lowest BCUT2D eigenvalue weighted by Crippen LogP contribution is -2.24. The van der Waals surface area contributed by atoms with E-state index in [0.29, 0.717) is 0 Å². The number of para-hydroxylation sites is 1. The van der Waals surface area contributed by atoms with Gasteiger partial charge in [0.05, 0.1) is 0 Å². The van der Waals surface area contributed by atoms with E-state index in [9.17, 15) is 0 Å². The van der Waals surface area contributed by atoms with E-state index in [2.05, 4.69) is 49.7 Å². The highest BCUT2D eigenvalue weighted by Crippen LogP contribution is 2.04. The molecule has 0 aliphatic carbocycles. The molecule has 1 aromatic heterocycles. The molecule has 0 fully saturated rings. The van der Waals surface area contributed by atoms with Crippen LogP contribution in [0.5, 0.6) is 0 Å². The molecule has 0 unspecified atom stereocenters. The first-order valence-electron chi connectivity index (χ1n) is 5.11. The van der Waals surface area contributed by atoms with Crippen molar-refractivity contribution >= 4 is 22.6 Å². The van der Waals surface area contributed by atoms with Crippen LogP contribution in [0.25, 0.3) is 22.6 Å². The highest BCUT2D eigenvalue weighted by atomic mass is 14.7. The molecule has 0 saturated heterocycles. The maximum atomic E-state index is 3.76. The minimum absolute atomic E-state index is 1.18. The largest absolute Gasteiger partial charge is 0.355 e. The Kier molecular flexibility index (Phi) is 2.46. The minimum Gasteiger partial charge on any atom is -0.355 e. The molecule has 0 spiro atoms. The lowest BCUT2D eigenvalue weighted by atomic mass is 10.2. The Morgan fingerprint density at radius 1 is 1.27 bits per heavy atom. The first-order chi connectivity index (χ1) is 7.24. The molecule has 0 bridgehead atoms. The molecule has 0 radical (unpaired) electrons. The van der Waals surface area contributed by atoms with Crippen LogP contribution in [0.1, 0.15) is 13.8 Å². The van der Waals surface area contributed by atoms with Crippen LogP contribution in [-0.4, -0.2) is 4.98 Å². The van der Waals surface area contributed by atoms with Gasteiger partial charge in [-0.1, -0.05) is 42.5 Å². The Balaban J connectivity index is 3.08. The third-order valence-electron chi connectivity index (χ3n) is 2.53. The summed E-state index contributed by atoms with van der Waals surface area (Å²) in [5.74, 6) is 0. The van der Waals surface area contributed by atoms with Gasteiger partial charge in [0, 0.05) is 21.5 Å². The number of nitrogens with one attached hydrogen (secondary N) is 1. The first kappa shape index (κ1) is 9.78. The number of hydrogen-bond acceptors (Lipinski definition) is 0. The molecule has 1 heteroatoms. The van der Waals surface area contributed by atoms with E-state index in [-0.39, 0.29) is 0 Å². The van der Waals surface area contributed by atoms with Crippen molar-refractivity contribution in [2.75, 3.05) is 0 Å². The molecule has 15 heavy (non-hydrogen) atoms. The molecule has 0 atom stereocenters. The van der Waals surface area contributed by atoms with Crippen molar-refractivity contribution in [1.29, 1.82) is 0 Å². The molecule has 1 heterocycles. The molecule has 0 saturated carbocycles. The fourth-order valence-electron chi connectivity index (χ4n) is 1.85. The van der Waals surface area contributed by atoms with Crippen molar-refractivity contribution in [3.63, 3.8) is 0 Å². The Labute approximate surface area is 89.4 Å². The number of rotatable bonds is 1. The third-order valence-corrected chi connectivity index (χ3v) is 2.53. The van der Waals surface area contributed by atoms with Crippen LogP contribution < -0.4 is 10.6 Å². The van der Waals surface area contributed by atoms with Crippen LogP contribution in [-0.2, 0) is 0 Å². The zero-order chi connectivity index (χ0) is 10.8. The average molecular weight is 197 g/mol. The summed E-state index contributed by atoms with van der Waals surface area (Å²) in [7, 11) is 0. The van der Waals surface area contributed by atoms with Crippen molar-refractivity contribution in [3.05, 3.63) is 47.5 Å². The molecule has 2 aromatic rings. The number of aromatic amines is 1. The van der Waals surface area contributed by atoms with Gasteiger partial charge in [-0.3, -0.25) is 0 Å². The standard InChI is InChI=1S/C14H15N/c1-4-7-12-11-8-5-6-9-13(11)15-14(12)10(2)3/h4-9,15H,1H2,2-3H3/b12-7-. The van der Waals surface area contributed by atoms with Crippen molar-refractivity contribution in [1.82, 2.24) is 4.98 Å². The summed E-state index contributed by atoms with van der Waals surface area (Å²) in [6.07, 6.45) is 3.89. The smallest absolute Gasteiger partial charge is 0.0464 e. The lowest BCUT2D eigenvalue weighted by Gasteiger charge is -1.85. The van der Waals surface area contributed by atoms with Crippen LogP contribution >= 0.6 is 0 Å². The van der Waals surface area contributed by atoms with Crippen molar-refractivity contribution in [3.8, 4) is 0 Å². The summed E-state index contributed by atoms with van der Waals surface area (Å²) in [4.78, 5) is 3.43. The fourth-order valence-corrected chi connectivity index (χ4v) is 1.85. The SMILES string of the molecule is C=C/C=c1\c(=C(C)C)[nH]c2ccccc12. The average Bonchev–Trinajstić information content (AvgIpc) is 2.58. The number of allylic oxidation sites excluding steroid dienone is 1. The van der Waals surface area contributed by atoms with Gasteiger partial charge in [-0.25, -0.2) is 0 Å². The molecule has 1 N–H and O–H groups in total. The molecule has 0 aliphatic rings. The Morgan fingerprint density at radius 2 is 2.00 bits per heavy atom. The van der Waals surface area contributed by atoms with Crippen LogP contribution in [0.4, 0.5) is 0 Å². The van der Waals surface area contributed by atoms with Crippen LogP contribution in [0, 0.1) is 0 Å². The van der Waals surface area contributed by atoms with E-state index in [4.69, 9.17) is 0 Å². The summed E-state index contributed by atoms with van der Waals surface area (Å²) < 4.78 is 0.